The normalized spacial score (nSPS) is 10.1. The van der Waals surface area contributed by atoms with Gasteiger partial charge < -0.3 is 5.32 Å². The highest BCUT2D eigenvalue weighted by molar-refractivity contribution is 7.07. The third-order valence-electron chi connectivity index (χ3n) is 1.34. The minimum atomic E-state index is 1.03. The lowest BCUT2D eigenvalue weighted by molar-refractivity contribution is 0.677. The van der Waals surface area contributed by atoms with Crippen LogP contribution in [0.2, 0.25) is 0 Å². The zero-order valence-electron chi connectivity index (χ0n) is 6.26. The van der Waals surface area contributed by atoms with E-state index in [9.17, 15) is 0 Å². The second-order valence-electron chi connectivity index (χ2n) is 2.31. The Bertz CT molecular complexity index is 158. The number of hydrogen-bond acceptors (Lipinski definition) is 2. The van der Waals surface area contributed by atoms with Crippen LogP contribution in [0, 0.1) is 0 Å². The van der Waals surface area contributed by atoms with E-state index < -0.39 is 0 Å². The van der Waals surface area contributed by atoms with Gasteiger partial charge in [-0.05, 0) is 35.4 Å². The van der Waals surface area contributed by atoms with E-state index in [-0.39, 0.29) is 0 Å². The van der Waals surface area contributed by atoms with Crippen LogP contribution in [0.25, 0.3) is 0 Å². The van der Waals surface area contributed by atoms with Crippen molar-refractivity contribution in [2.45, 2.75) is 19.9 Å². The van der Waals surface area contributed by atoms with Gasteiger partial charge >= 0.3 is 0 Å². The third-order valence-corrected chi connectivity index (χ3v) is 2.07. The first kappa shape index (κ1) is 7.76. The number of rotatable bonds is 4. The van der Waals surface area contributed by atoms with Gasteiger partial charge in [-0.15, -0.1) is 0 Å². The second-order valence-corrected chi connectivity index (χ2v) is 3.09. The molecule has 0 unspecified atom stereocenters. The first-order valence-corrected chi connectivity index (χ1v) is 4.59. The summed E-state index contributed by atoms with van der Waals surface area (Å²) in [5.41, 5.74) is 1.40. The average Bonchev–Trinajstić information content (AvgIpc) is 2.41. The Morgan fingerprint density at radius 3 is 3.10 bits per heavy atom. The Morgan fingerprint density at radius 1 is 1.60 bits per heavy atom. The van der Waals surface area contributed by atoms with Crippen molar-refractivity contribution in [3.05, 3.63) is 22.4 Å². The largest absolute Gasteiger partial charge is 0.313 e. The van der Waals surface area contributed by atoms with Gasteiger partial charge in [0.05, 0.1) is 0 Å². The number of hydrogen-bond donors (Lipinski definition) is 1. The molecule has 1 N–H and O–H groups in total. The number of thiophene rings is 1. The molecule has 1 rings (SSSR count). The molecule has 0 aliphatic carbocycles. The van der Waals surface area contributed by atoms with Gasteiger partial charge in [-0.3, -0.25) is 0 Å². The molecule has 0 aromatic carbocycles. The monoisotopic (exact) mass is 155 g/mol. The standard InChI is InChI=1S/C8H13NS/c1-2-4-9-6-8-3-5-10-7-8/h3,5,7,9H,2,4,6H2,1H3. The van der Waals surface area contributed by atoms with Gasteiger partial charge in [-0.25, -0.2) is 0 Å². The minimum Gasteiger partial charge on any atom is -0.313 e. The van der Waals surface area contributed by atoms with Crippen LogP contribution < -0.4 is 5.32 Å². The molecule has 0 saturated heterocycles. The Balaban J connectivity index is 2.15. The molecule has 1 heterocycles. The van der Waals surface area contributed by atoms with Crippen molar-refractivity contribution in [2.24, 2.45) is 0 Å². The fourth-order valence-corrected chi connectivity index (χ4v) is 1.47. The number of nitrogens with one attached hydrogen (secondary N) is 1. The molecule has 0 bridgehead atoms. The maximum Gasteiger partial charge on any atom is 0.0213 e. The summed E-state index contributed by atoms with van der Waals surface area (Å²) in [5.74, 6) is 0. The summed E-state index contributed by atoms with van der Waals surface area (Å²) in [6.07, 6.45) is 1.21. The topological polar surface area (TPSA) is 12.0 Å². The highest BCUT2D eigenvalue weighted by Gasteiger charge is 1.89. The minimum absolute atomic E-state index is 1.03. The quantitative estimate of drug-likeness (QED) is 0.658. The molecule has 1 nitrogen and oxygen atoms in total. The summed E-state index contributed by atoms with van der Waals surface area (Å²) in [7, 11) is 0. The molecule has 0 fully saturated rings. The molecule has 0 atom stereocenters. The summed E-state index contributed by atoms with van der Waals surface area (Å²) in [4.78, 5) is 0. The van der Waals surface area contributed by atoms with Crippen LogP contribution in [0.4, 0.5) is 0 Å². The summed E-state index contributed by atoms with van der Waals surface area (Å²) in [6.45, 7) is 4.33. The van der Waals surface area contributed by atoms with Crippen LogP contribution in [-0.2, 0) is 6.54 Å². The third kappa shape index (κ3) is 2.50. The van der Waals surface area contributed by atoms with Crippen molar-refractivity contribution in [1.82, 2.24) is 5.32 Å². The van der Waals surface area contributed by atoms with Crippen LogP contribution in [-0.4, -0.2) is 6.54 Å². The van der Waals surface area contributed by atoms with Crippen LogP contribution in [0.5, 0.6) is 0 Å². The van der Waals surface area contributed by atoms with Gasteiger partial charge in [0.1, 0.15) is 0 Å². The maximum absolute atomic E-state index is 3.34. The van der Waals surface area contributed by atoms with Crippen molar-refractivity contribution >= 4 is 11.3 Å². The van der Waals surface area contributed by atoms with Crippen LogP contribution in [0.15, 0.2) is 16.8 Å². The zero-order chi connectivity index (χ0) is 7.23. The molecular weight excluding hydrogens is 142 g/mol. The van der Waals surface area contributed by atoms with E-state index >= 15 is 0 Å². The van der Waals surface area contributed by atoms with Crippen LogP contribution >= 0.6 is 11.3 Å². The van der Waals surface area contributed by atoms with Crippen molar-refractivity contribution in [2.75, 3.05) is 6.54 Å². The predicted octanol–water partition coefficient (Wildman–Crippen LogP) is 2.25. The molecule has 0 aliphatic rings. The van der Waals surface area contributed by atoms with E-state index in [0.29, 0.717) is 0 Å². The van der Waals surface area contributed by atoms with Crippen LogP contribution in [0.3, 0.4) is 0 Å². The first-order valence-electron chi connectivity index (χ1n) is 3.65. The Labute approximate surface area is 66.1 Å². The van der Waals surface area contributed by atoms with Gasteiger partial charge in [0.25, 0.3) is 0 Å². The highest BCUT2D eigenvalue weighted by Crippen LogP contribution is 2.04. The Morgan fingerprint density at radius 2 is 2.50 bits per heavy atom. The van der Waals surface area contributed by atoms with Crippen molar-refractivity contribution < 1.29 is 0 Å². The molecule has 10 heavy (non-hydrogen) atoms. The maximum atomic E-state index is 3.34. The molecule has 2 heteroatoms. The fraction of sp³-hybridized carbons (Fsp3) is 0.500. The SMILES string of the molecule is CCCNCc1ccsc1. The summed E-state index contributed by atoms with van der Waals surface area (Å²) >= 11 is 1.76. The first-order chi connectivity index (χ1) is 4.93. The lowest BCUT2D eigenvalue weighted by Gasteiger charge is -1.98. The summed E-state index contributed by atoms with van der Waals surface area (Å²) < 4.78 is 0. The molecule has 0 amide bonds. The van der Waals surface area contributed by atoms with Crippen molar-refractivity contribution in [3.8, 4) is 0 Å². The van der Waals surface area contributed by atoms with E-state index in [1.54, 1.807) is 11.3 Å². The van der Waals surface area contributed by atoms with Crippen molar-refractivity contribution in [3.63, 3.8) is 0 Å². The molecule has 0 spiro atoms. The lowest BCUT2D eigenvalue weighted by Crippen LogP contribution is -2.12. The summed E-state index contributed by atoms with van der Waals surface area (Å²) in [5, 5.41) is 7.64. The van der Waals surface area contributed by atoms with Gasteiger partial charge in [0, 0.05) is 6.54 Å². The average molecular weight is 155 g/mol. The van der Waals surface area contributed by atoms with E-state index in [1.165, 1.54) is 12.0 Å². The molecule has 56 valence electrons. The van der Waals surface area contributed by atoms with Gasteiger partial charge in [0.2, 0.25) is 0 Å². The van der Waals surface area contributed by atoms with Gasteiger partial charge in [-0.1, -0.05) is 6.92 Å². The molecule has 1 aromatic heterocycles. The molecule has 0 radical (unpaired) electrons. The van der Waals surface area contributed by atoms with E-state index in [0.717, 1.165) is 13.1 Å². The molecule has 0 saturated carbocycles. The zero-order valence-corrected chi connectivity index (χ0v) is 7.08. The van der Waals surface area contributed by atoms with Crippen molar-refractivity contribution in [1.29, 1.82) is 0 Å². The van der Waals surface area contributed by atoms with Gasteiger partial charge in [-0.2, -0.15) is 11.3 Å². The Kier molecular flexibility index (Phi) is 3.47. The molecule has 0 aliphatic heterocycles. The fourth-order valence-electron chi connectivity index (χ4n) is 0.803. The molecule has 1 aromatic rings. The smallest absolute Gasteiger partial charge is 0.0213 e. The second kappa shape index (κ2) is 4.47. The Hall–Kier alpha value is -0.340. The lowest BCUT2D eigenvalue weighted by atomic mass is 10.3. The molecular formula is C8H13NS. The van der Waals surface area contributed by atoms with E-state index in [4.69, 9.17) is 0 Å². The summed E-state index contributed by atoms with van der Waals surface area (Å²) in [6, 6.07) is 2.16. The highest BCUT2D eigenvalue weighted by atomic mass is 32.1. The predicted molar refractivity (Wildman–Crippen MR) is 46.3 cm³/mol. The van der Waals surface area contributed by atoms with Crippen LogP contribution in [0.1, 0.15) is 18.9 Å². The van der Waals surface area contributed by atoms with Gasteiger partial charge in [0.15, 0.2) is 0 Å². The van der Waals surface area contributed by atoms with E-state index in [2.05, 4.69) is 29.1 Å². The van der Waals surface area contributed by atoms with E-state index in [1.807, 2.05) is 0 Å².